The van der Waals surface area contributed by atoms with Crippen LogP contribution in [0, 0.1) is 0 Å². The van der Waals surface area contributed by atoms with Gasteiger partial charge in [-0.1, -0.05) is 46.3 Å². The molecule has 0 aliphatic carbocycles. The molecule has 2 aliphatic heterocycles. The molecule has 2 saturated heterocycles. The summed E-state index contributed by atoms with van der Waals surface area (Å²) in [4.78, 5) is 14.8. The van der Waals surface area contributed by atoms with Crippen LogP contribution in [0.3, 0.4) is 0 Å². The molecule has 0 radical (unpaired) electrons. The molecule has 30 heavy (non-hydrogen) atoms. The zero-order valence-corrected chi connectivity index (χ0v) is 19.6. The van der Waals surface area contributed by atoms with E-state index in [-0.39, 0.29) is 10.8 Å². The van der Waals surface area contributed by atoms with Gasteiger partial charge in [0, 0.05) is 40.8 Å². The van der Waals surface area contributed by atoms with Crippen LogP contribution in [-0.2, 0) is 10.0 Å². The highest BCUT2D eigenvalue weighted by molar-refractivity contribution is 9.10. The second kappa shape index (κ2) is 8.86. The van der Waals surface area contributed by atoms with Crippen LogP contribution >= 0.6 is 27.7 Å². The fourth-order valence-electron chi connectivity index (χ4n) is 3.96. The molecular formula is C22H23BrN2O3S2. The lowest BCUT2D eigenvalue weighted by molar-refractivity contribution is 0.0606. The summed E-state index contributed by atoms with van der Waals surface area (Å²) in [6.07, 6.45) is 2.91. The average molecular weight is 507 g/mol. The summed E-state index contributed by atoms with van der Waals surface area (Å²) in [5.74, 6) is 0.899. The van der Waals surface area contributed by atoms with E-state index in [1.165, 1.54) is 9.71 Å². The van der Waals surface area contributed by atoms with Crippen molar-refractivity contribution in [2.75, 3.05) is 25.4 Å². The van der Waals surface area contributed by atoms with Crippen LogP contribution in [0.5, 0.6) is 0 Å². The number of hydrogen-bond donors (Lipinski definition) is 0. The number of sulfonamides is 1. The Kier molecular flexibility index (Phi) is 6.39. The van der Waals surface area contributed by atoms with E-state index in [9.17, 15) is 13.2 Å². The molecule has 0 bridgehead atoms. The van der Waals surface area contributed by atoms with Crippen LogP contribution in [0.25, 0.3) is 6.08 Å². The average Bonchev–Trinajstić information content (AvgIpc) is 3.16. The Morgan fingerprint density at radius 1 is 1.00 bits per heavy atom. The Hall–Kier alpha value is -1.61. The lowest BCUT2D eigenvalue weighted by Crippen LogP contribution is -2.53. The molecule has 0 atom stereocenters. The highest BCUT2D eigenvalue weighted by atomic mass is 79.9. The maximum Gasteiger partial charge on any atom is 0.254 e. The number of piperidine rings is 1. The van der Waals surface area contributed by atoms with Crippen molar-refractivity contribution in [2.45, 2.75) is 17.7 Å². The topological polar surface area (TPSA) is 57.7 Å². The number of carbonyl (C=O) groups is 1. The third kappa shape index (κ3) is 4.51. The van der Waals surface area contributed by atoms with Gasteiger partial charge in [0.15, 0.2) is 0 Å². The first-order valence-corrected chi connectivity index (χ1v) is 13.1. The zero-order valence-electron chi connectivity index (χ0n) is 16.4. The highest BCUT2D eigenvalue weighted by Gasteiger charge is 2.47. The molecule has 8 heteroatoms. The van der Waals surface area contributed by atoms with E-state index in [2.05, 4.69) is 15.9 Å². The summed E-state index contributed by atoms with van der Waals surface area (Å²) >= 11 is 5.18. The van der Waals surface area contributed by atoms with Gasteiger partial charge in [0.2, 0.25) is 10.0 Å². The second-order valence-corrected chi connectivity index (χ2v) is 11.6. The third-order valence-corrected chi connectivity index (χ3v) is 9.26. The molecule has 0 saturated carbocycles. The Balaban J connectivity index is 1.45. The minimum absolute atomic E-state index is 0.0211. The van der Waals surface area contributed by atoms with Crippen molar-refractivity contribution in [2.24, 2.45) is 0 Å². The monoisotopic (exact) mass is 506 g/mol. The predicted molar refractivity (Wildman–Crippen MR) is 126 cm³/mol. The van der Waals surface area contributed by atoms with Gasteiger partial charge in [0.25, 0.3) is 5.91 Å². The predicted octanol–water partition coefficient (Wildman–Crippen LogP) is 4.43. The number of carbonyl (C=O) groups excluding carboxylic acids is 1. The Morgan fingerprint density at radius 3 is 2.33 bits per heavy atom. The molecule has 0 aromatic heterocycles. The molecule has 0 N–H and O–H groups in total. The summed E-state index contributed by atoms with van der Waals surface area (Å²) < 4.78 is 28.0. The van der Waals surface area contributed by atoms with Gasteiger partial charge in [0.05, 0.1) is 4.87 Å². The SMILES string of the molecule is O=C(c1ccc(Br)cc1)N1CCSC12CCN(S(=O)(=O)/C=C/c1ccccc1)CC2. The van der Waals surface area contributed by atoms with Crippen LogP contribution in [-0.4, -0.2) is 53.8 Å². The van der Waals surface area contributed by atoms with E-state index in [1.807, 2.05) is 59.5 Å². The molecule has 5 nitrogen and oxygen atoms in total. The van der Waals surface area contributed by atoms with Crippen LogP contribution in [0.2, 0.25) is 0 Å². The summed E-state index contributed by atoms with van der Waals surface area (Å²) in [5.41, 5.74) is 1.52. The van der Waals surface area contributed by atoms with Crippen molar-refractivity contribution in [1.29, 1.82) is 0 Å². The second-order valence-electron chi connectivity index (χ2n) is 7.42. The standard InChI is InChI=1S/C22H23BrN2O3S2/c23-20-8-6-19(7-9-20)21(26)25-15-16-29-22(25)11-13-24(14-12-22)30(27,28)17-10-18-4-2-1-3-5-18/h1-10,17H,11-16H2/b17-10+. The van der Waals surface area contributed by atoms with Crippen LogP contribution in [0.15, 0.2) is 64.5 Å². The molecule has 1 spiro atoms. The van der Waals surface area contributed by atoms with E-state index in [1.54, 1.807) is 17.8 Å². The molecule has 2 aromatic carbocycles. The largest absolute Gasteiger partial charge is 0.323 e. The van der Waals surface area contributed by atoms with E-state index < -0.39 is 10.0 Å². The fraction of sp³-hybridized carbons (Fsp3) is 0.318. The van der Waals surface area contributed by atoms with Gasteiger partial charge in [-0.05, 0) is 48.7 Å². The molecule has 2 fully saturated rings. The Morgan fingerprint density at radius 2 is 1.67 bits per heavy atom. The van der Waals surface area contributed by atoms with Crippen LogP contribution < -0.4 is 0 Å². The minimum Gasteiger partial charge on any atom is -0.323 e. The van der Waals surface area contributed by atoms with Gasteiger partial charge < -0.3 is 4.90 Å². The lowest BCUT2D eigenvalue weighted by Gasteiger charge is -2.43. The molecule has 2 aromatic rings. The number of benzene rings is 2. The summed E-state index contributed by atoms with van der Waals surface area (Å²) in [5, 5.41) is 1.28. The fourth-order valence-corrected chi connectivity index (χ4v) is 6.87. The number of nitrogens with zero attached hydrogens (tertiary/aromatic N) is 2. The van der Waals surface area contributed by atoms with E-state index >= 15 is 0 Å². The van der Waals surface area contributed by atoms with E-state index in [0.29, 0.717) is 38.0 Å². The van der Waals surface area contributed by atoms with Gasteiger partial charge >= 0.3 is 0 Å². The molecule has 4 rings (SSSR count). The van der Waals surface area contributed by atoms with Crippen molar-refractivity contribution in [3.05, 3.63) is 75.6 Å². The summed E-state index contributed by atoms with van der Waals surface area (Å²) in [6, 6.07) is 16.8. The molecular weight excluding hydrogens is 484 g/mol. The van der Waals surface area contributed by atoms with E-state index in [4.69, 9.17) is 0 Å². The first-order chi connectivity index (χ1) is 14.4. The van der Waals surface area contributed by atoms with Crippen molar-refractivity contribution >= 4 is 49.7 Å². The zero-order chi connectivity index (χ0) is 21.2. The Bertz CT molecular complexity index is 1030. The highest BCUT2D eigenvalue weighted by Crippen LogP contribution is 2.45. The molecule has 0 unspecified atom stereocenters. The number of rotatable bonds is 4. The summed E-state index contributed by atoms with van der Waals surface area (Å²) in [7, 11) is -3.49. The van der Waals surface area contributed by atoms with Gasteiger partial charge in [-0.2, -0.15) is 4.31 Å². The van der Waals surface area contributed by atoms with Crippen LogP contribution in [0.4, 0.5) is 0 Å². The third-order valence-electron chi connectivity index (χ3n) is 5.61. The van der Waals surface area contributed by atoms with Crippen molar-refractivity contribution in [1.82, 2.24) is 9.21 Å². The van der Waals surface area contributed by atoms with Crippen molar-refractivity contribution in [3.63, 3.8) is 0 Å². The smallest absolute Gasteiger partial charge is 0.254 e. The van der Waals surface area contributed by atoms with Crippen molar-refractivity contribution < 1.29 is 13.2 Å². The molecule has 2 aliphatic rings. The lowest BCUT2D eigenvalue weighted by atomic mass is 10.0. The Labute approximate surface area is 190 Å². The molecule has 2 heterocycles. The quantitative estimate of drug-likeness (QED) is 0.615. The normalized spacial score (nSPS) is 19.6. The van der Waals surface area contributed by atoms with Crippen molar-refractivity contribution in [3.8, 4) is 0 Å². The van der Waals surface area contributed by atoms with Gasteiger partial charge in [0.1, 0.15) is 0 Å². The minimum atomic E-state index is -3.49. The molecule has 1 amide bonds. The maximum absolute atomic E-state index is 13.1. The number of halogens is 1. The van der Waals surface area contributed by atoms with Gasteiger partial charge in [-0.3, -0.25) is 4.79 Å². The first-order valence-electron chi connectivity index (χ1n) is 9.84. The van der Waals surface area contributed by atoms with E-state index in [0.717, 1.165) is 15.8 Å². The number of thioether (sulfide) groups is 1. The number of amides is 1. The van der Waals surface area contributed by atoms with Gasteiger partial charge in [-0.15, -0.1) is 11.8 Å². The molecule has 158 valence electrons. The first kappa shape index (κ1) is 21.6. The number of hydrogen-bond acceptors (Lipinski definition) is 4. The maximum atomic E-state index is 13.1. The summed E-state index contributed by atoms with van der Waals surface area (Å²) in [6.45, 7) is 1.53. The van der Waals surface area contributed by atoms with Gasteiger partial charge in [-0.25, -0.2) is 8.42 Å². The van der Waals surface area contributed by atoms with Crippen LogP contribution in [0.1, 0.15) is 28.8 Å².